The quantitative estimate of drug-likeness (QED) is 0.913. The Labute approximate surface area is 117 Å². The average Bonchev–Trinajstić information content (AvgIpc) is 3.02. The van der Waals surface area contributed by atoms with Crippen molar-refractivity contribution in [2.75, 3.05) is 5.32 Å². The van der Waals surface area contributed by atoms with Crippen molar-refractivity contribution in [2.45, 2.75) is 32.4 Å². The number of nitrogens with zero attached hydrogens (tertiary/aromatic N) is 6. The highest BCUT2D eigenvalue weighted by atomic mass is 79.9. The minimum absolute atomic E-state index is 0.275. The van der Waals surface area contributed by atoms with E-state index in [-0.39, 0.29) is 5.91 Å². The van der Waals surface area contributed by atoms with Crippen LogP contribution in [0.5, 0.6) is 0 Å². The Bertz CT molecular complexity index is 615. The lowest BCUT2D eigenvalue weighted by Crippen LogP contribution is -2.20. The van der Waals surface area contributed by atoms with Gasteiger partial charge in [0, 0.05) is 6.54 Å². The number of hydrogen-bond acceptors (Lipinski definition) is 5. The van der Waals surface area contributed by atoms with Crippen molar-refractivity contribution in [3.8, 4) is 0 Å². The van der Waals surface area contributed by atoms with Crippen LogP contribution in [-0.4, -0.2) is 35.9 Å². The van der Waals surface area contributed by atoms with Gasteiger partial charge in [-0.25, -0.2) is 4.68 Å². The van der Waals surface area contributed by atoms with Crippen molar-refractivity contribution in [3.63, 3.8) is 0 Å². The van der Waals surface area contributed by atoms with E-state index < -0.39 is 0 Å². The molecule has 1 amide bonds. The Morgan fingerprint density at radius 3 is 3.05 bits per heavy atom. The second-order valence-electron chi connectivity index (χ2n) is 4.29. The van der Waals surface area contributed by atoms with E-state index in [4.69, 9.17) is 0 Å². The number of amides is 1. The molecule has 2 aromatic rings. The van der Waals surface area contributed by atoms with Crippen LogP contribution in [0.4, 0.5) is 5.95 Å². The molecule has 1 fully saturated rings. The molecular weight excluding hydrogens is 314 g/mol. The highest BCUT2D eigenvalue weighted by Crippen LogP contribution is 2.35. The fourth-order valence-corrected chi connectivity index (χ4v) is 2.31. The van der Waals surface area contributed by atoms with Crippen molar-refractivity contribution in [1.29, 1.82) is 0 Å². The monoisotopic (exact) mass is 325 g/mol. The van der Waals surface area contributed by atoms with Gasteiger partial charge in [0.15, 0.2) is 0 Å². The van der Waals surface area contributed by atoms with Gasteiger partial charge in [0.25, 0.3) is 5.91 Å². The molecule has 0 radical (unpaired) electrons. The number of halogens is 1. The van der Waals surface area contributed by atoms with E-state index in [2.05, 4.69) is 41.9 Å². The van der Waals surface area contributed by atoms with Crippen molar-refractivity contribution >= 4 is 27.8 Å². The molecule has 2 aromatic heterocycles. The second kappa shape index (κ2) is 4.72. The fraction of sp³-hybridized carbons (Fsp3) is 0.500. The summed E-state index contributed by atoms with van der Waals surface area (Å²) in [7, 11) is 0. The summed E-state index contributed by atoms with van der Waals surface area (Å²) in [5.41, 5.74) is 0.466. The highest BCUT2D eigenvalue weighted by molar-refractivity contribution is 9.10. The number of carbonyl (C=O) groups excluding carboxylic acids is 1. The van der Waals surface area contributed by atoms with Gasteiger partial charge in [0.05, 0.1) is 16.7 Å². The Morgan fingerprint density at radius 1 is 1.58 bits per heavy atom. The molecule has 9 heteroatoms. The minimum atomic E-state index is -0.275. The van der Waals surface area contributed by atoms with Gasteiger partial charge in [-0.05, 0) is 46.1 Å². The van der Waals surface area contributed by atoms with Gasteiger partial charge in [-0.1, -0.05) is 5.10 Å². The van der Waals surface area contributed by atoms with Crippen LogP contribution in [0.15, 0.2) is 10.7 Å². The van der Waals surface area contributed by atoms with Gasteiger partial charge in [-0.2, -0.15) is 5.10 Å². The third-order valence-electron chi connectivity index (χ3n) is 2.92. The average molecular weight is 326 g/mol. The topological polar surface area (TPSA) is 90.5 Å². The standard InChI is InChI=1S/C10H12BrN7O/c1-2-17-8(7(11)5-12-17)9(19)13-10-14-15-16-18(10)6-3-4-6/h5-6H,2-4H2,1H3,(H,13,14,16,19). The number of anilines is 1. The Morgan fingerprint density at radius 2 is 2.37 bits per heavy atom. The molecule has 0 aromatic carbocycles. The lowest BCUT2D eigenvalue weighted by atomic mass is 10.4. The third-order valence-corrected chi connectivity index (χ3v) is 3.50. The smallest absolute Gasteiger partial charge is 0.277 e. The number of aromatic nitrogens is 6. The highest BCUT2D eigenvalue weighted by Gasteiger charge is 2.29. The van der Waals surface area contributed by atoms with Gasteiger partial charge in [0.2, 0.25) is 5.95 Å². The maximum atomic E-state index is 12.3. The first-order valence-electron chi connectivity index (χ1n) is 6.01. The van der Waals surface area contributed by atoms with Crippen LogP contribution in [0, 0.1) is 0 Å². The first-order chi connectivity index (χ1) is 9.20. The summed E-state index contributed by atoms with van der Waals surface area (Å²) in [6, 6.07) is 0.310. The van der Waals surface area contributed by atoms with Crippen LogP contribution in [0.25, 0.3) is 0 Å². The first-order valence-corrected chi connectivity index (χ1v) is 6.80. The van der Waals surface area contributed by atoms with Crippen LogP contribution in [0.3, 0.4) is 0 Å². The molecule has 1 N–H and O–H groups in total. The SMILES string of the molecule is CCn1ncc(Br)c1C(=O)Nc1nnnn1C1CC1. The van der Waals surface area contributed by atoms with E-state index in [1.807, 2.05) is 6.92 Å². The lowest BCUT2D eigenvalue weighted by molar-refractivity contribution is 0.101. The first kappa shape index (κ1) is 12.3. The maximum Gasteiger partial charge on any atom is 0.277 e. The van der Waals surface area contributed by atoms with Crippen LogP contribution >= 0.6 is 15.9 Å². The Balaban J connectivity index is 1.84. The molecule has 3 rings (SSSR count). The summed E-state index contributed by atoms with van der Waals surface area (Å²) in [6.07, 6.45) is 3.69. The van der Waals surface area contributed by atoms with Crippen LogP contribution in [0.2, 0.25) is 0 Å². The molecule has 1 aliphatic rings. The van der Waals surface area contributed by atoms with Crippen molar-refractivity contribution in [1.82, 2.24) is 30.0 Å². The van der Waals surface area contributed by atoms with Crippen LogP contribution < -0.4 is 5.32 Å². The van der Waals surface area contributed by atoms with Gasteiger partial charge in [-0.3, -0.25) is 14.8 Å². The molecule has 0 bridgehead atoms. The number of aryl methyl sites for hydroxylation is 1. The molecule has 100 valence electrons. The number of carbonyl (C=O) groups is 1. The molecule has 2 heterocycles. The lowest BCUT2D eigenvalue weighted by Gasteiger charge is -2.07. The molecular formula is C10H12BrN7O. The molecule has 0 spiro atoms. The maximum absolute atomic E-state index is 12.3. The summed E-state index contributed by atoms with van der Waals surface area (Å²) >= 11 is 3.32. The van der Waals surface area contributed by atoms with Gasteiger partial charge in [0.1, 0.15) is 5.69 Å². The van der Waals surface area contributed by atoms with Gasteiger partial charge in [-0.15, -0.1) is 0 Å². The zero-order valence-corrected chi connectivity index (χ0v) is 11.8. The predicted molar refractivity (Wildman–Crippen MR) is 69.6 cm³/mol. The molecule has 0 atom stereocenters. The molecule has 8 nitrogen and oxygen atoms in total. The normalized spacial score (nSPS) is 14.6. The third kappa shape index (κ3) is 2.25. The van der Waals surface area contributed by atoms with Crippen LogP contribution in [-0.2, 0) is 6.54 Å². The van der Waals surface area contributed by atoms with E-state index in [0.717, 1.165) is 12.8 Å². The summed E-state index contributed by atoms with van der Waals surface area (Å²) in [5, 5.41) is 18.2. The molecule has 0 unspecified atom stereocenters. The summed E-state index contributed by atoms with van der Waals surface area (Å²) in [5.74, 6) is 0.103. The van der Waals surface area contributed by atoms with Gasteiger partial charge < -0.3 is 0 Å². The van der Waals surface area contributed by atoms with E-state index in [9.17, 15) is 4.79 Å². The summed E-state index contributed by atoms with van der Waals surface area (Å²) < 4.78 is 3.92. The fourth-order valence-electron chi connectivity index (χ4n) is 1.83. The predicted octanol–water partition coefficient (Wildman–Crippen LogP) is 1.24. The number of rotatable bonds is 4. The van der Waals surface area contributed by atoms with Crippen molar-refractivity contribution in [2.24, 2.45) is 0 Å². The van der Waals surface area contributed by atoms with Crippen molar-refractivity contribution in [3.05, 3.63) is 16.4 Å². The minimum Gasteiger partial charge on any atom is -0.288 e. The van der Waals surface area contributed by atoms with E-state index >= 15 is 0 Å². The van der Waals surface area contributed by atoms with Crippen LogP contribution in [0.1, 0.15) is 36.3 Å². The van der Waals surface area contributed by atoms with E-state index in [1.54, 1.807) is 15.6 Å². The Kier molecular flexibility index (Phi) is 3.05. The number of tetrazole rings is 1. The number of nitrogens with one attached hydrogen (secondary N) is 1. The van der Waals surface area contributed by atoms with E-state index in [1.165, 1.54) is 0 Å². The molecule has 1 saturated carbocycles. The second-order valence-corrected chi connectivity index (χ2v) is 5.14. The van der Waals surface area contributed by atoms with Crippen molar-refractivity contribution < 1.29 is 4.79 Å². The number of hydrogen-bond donors (Lipinski definition) is 1. The Hall–Kier alpha value is -1.77. The van der Waals surface area contributed by atoms with Gasteiger partial charge >= 0.3 is 0 Å². The largest absolute Gasteiger partial charge is 0.288 e. The molecule has 0 aliphatic heterocycles. The summed E-state index contributed by atoms with van der Waals surface area (Å²) in [4.78, 5) is 12.3. The summed E-state index contributed by atoms with van der Waals surface area (Å²) in [6.45, 7) is 2.53. The van der Waals surface area contributed by atoms with E-state index in [0.29, 0.717) is 28.7 Å². The molecule has 1 aliphatic carbocycles. The zero-order valence-electron chi connectivity index (χ0n) is 10.2. The molecule has 19 heavy (non-hydrogen) atoms. The molecule has 0 saturated heterocycles. The zero-order chi connectivity index (χ0) is 13.4.